The Morgan fingerprint density at radius 2 is 2.14 bits per heavy atom. The van der Waals surface area contributed by atoms with Crippen LogP contribution in [0.2, 0.25) is 5.02 Å². The lowest BCUT2D eigenvalue weighted by Crippen LogP contribution is -2.14. The Kier molecular flexibility index (Phi) is 5.06. The SMILES string of the molecule is COc1c(C[CH]C(C)(C)C)cc(Cl)c(C)c1C1CNC(=O)C1. The Balaban J connectivity index is 2.42. The summed E-state index contributed by atoms with van der Waals surface area (Å²) in [5, 5.41) is 3.64. The molecule has 1 unspecified atom stereocenters. The van der Waals surface area contributed by atoms with E-state index in [-0.39, 0.29) is 17.2 Å². The van der Waals surface area contributed by atoms with Crippen LogP contribution in [0.4, 0.5) is 0 Å². The summed E-state index contributed by atoms with van der Waals surface area (Å²) >= 11 is 6.44. The molecular formula is C18H25ClNO2. The average molecular weight is 323 g/mol. The number of amides is 1. The van der Waals surface area contributed by atoms with E-state index in [0.717, 1.165) is 33.9 Å². The number of hydrogen-bond acceptors (Lipinski definition) is 2. The lowest BCUT2D eigenvalue weighted by atomic mass is 9.85. The van der Waals surface area contributed by atoms with Crippen molar-refractivity contribution in [3.8, 4) is 5.75 Å². The number of carbonyl (C=O) groups excluding carboxylic acids is 1. The van der Waals surface area contributed by atoms with Crippen LogP contribution in [0.5, 0.6) is 5.75 Å². The van der Waals surface area contributed by atoms with Gasteiger partial charge in [0.1, 0.15) is 5.75 Å². The maximum atomic E-state index is 11.6. The molecule has 1 aliphatic heterocycles. The molecule has 1 aliphatic rings. The van der Waals surface area contributed by atoms with Crippen molar-refractivity contribution in [2.75, 3.05) is 13.7 Å². The van der Waals surface area contributed by atoms with Crippen LogP contribution >= 0.6 is 11.6 Å². The Labute approximate surface area is 138 Å². The Hall–Kier alpha value is -1.22. The Morgan fingerprint density at radius 3 is 2.64 bits per heavy atom. The molecule has 0 saturated carbocycles. The van der Waals surface area contributed by atoms with Gasteiger partial charge in [0.25, 0.3) is 0 Å². The number of halogens is 1. The molecule has 1 atom stereocenters. The second kappa shape index (κ2) is 6.49. The van der Waals surface area contributed by atoms with E-state index in [1.807, 2.05) is 13.0 Å². The number of hydrogen-bond donors (Lipinski definition) is 1. The summed E-state index contributed by atoms with van der Waals surface area (Å²) in [5.41, 5.74) is 3.31. The second-order valence-electron chi connectivity index (χ2n) is 7.07. The maximum absolute atomic E-state index is 11.6. The van der Waals surface area contributed by atoms with Gasteiger partial charge in [-0.2, -0.15) is 0 Å². The van der Waals surface area contributed by atoms with Crippen LogP contribution in [-0.4, -0.2) is 19.6 Å². The highest BCUT2D eigenvalue weighted by Gasteiger charge is 2.29. The minimum Gasteiger partial charge on any atom is -0.496 e. The van der Waals surface area contributed by atoms with Gasteiger partial charge in [-0.1, -0.05) is 32.4 Å². The molecule has 0 bridgehead atoms. The van der Waals surface area contributed by atoms with E-state index < -0.39 is 0 Å². The Morgan fingerprint density at radius 1 is 1.45 bits per heavy atom. The molecule has 1 N–H and O–H groups in total. The van der Waals surface area contributed by atoms with Crippen LogP contribution in [0.1, 0.15) is 49.8 Å². The zero-order valence-electron chi connectivity index (χ0n) is 14.0. The molecule has 0 spiro atoms. The van der Waals surface area contributed by atoms with Gasteiger partial charge in [-0.05, 0) is 42.4 Å². The van der Waals surface area contributed by atoms with E-state index in [9.17, 15) is 4.79 Å². The maximum Gasteiger partial charge on any atom is 0.220 e. The first-order valence-electron chi connectivity index (χ1n) is 7.70. The average Bonchev–Trinajstić information content (AvgIpc) is 2.84. The van der Waals surface area contributed by atoms with Crippen LogP contribution in [0.25, 0.3) is 0 Å². The van der Waals surface area contributed by atoms with Crippen molar-refractivity contribution < 1.29 is 9.53 Å². The van der Waals surface area contributed by atoms with Gasteiger partial charge < -0.3 is 10.1 Å². The number of methoxy groups -OCH3 is 1. The van der Waals surface area contributed by atoms with Gasteiger partial charge in [0.2, 0.25) is 5.91 Å². The van der Waals surface area contributed by atoms with Gasteiger partial charge in [0.05, 0.1) is 7.11 Å². The molecule has 1 aromatic carbocycles. The van der Waals surface area contributed by atoms with Gasteiger partial charge in [-0.3, -0.25) is 4.79 Å². The van der Waals surface area contributed by atoms with Crippen molar-refractivity contribution in [2.45, 2.75) is 46.5 Å². The highest BCUT2D eigenvalue weighted by atomic mass is 35.5. The summed E-state index contributed by atoms with van der Waals surface area (Å²) in [6.45, 7) is 9.18. The number of ether oxygens (including phenoxy) is 1. The lowest BCUT2D eigenvalue weighted by Gasteiger charge is -2.23. The van der Waals surface area contributed by atoms with Crippen LogP contribution in [0.3, 0.4) is 0 Å². The third-order valence-electron chi connectivity index (χ3n) is 4.12. The van der Waals surface area contributed by atoms with Gasteiger partial charge in [0.15, 0.2) is 0 Å². The summed E-state index contributed by atoms with van der Waals surface area (Å²) in [7, 11) is 1.69. The molecule has 0 aromatic heterocycles. The fourth-order valence-electron chi connectivity index (χ4n) is 2.91. The first kappa shape index (κ1) is 17.1. The standard InChI is InChI=1S/C18H25ClNO2/c1-11-14(19)8-12(6-7-18(2,3)4)17(22-5)16(11)13-9-15(21)20-10-13/h7-8,13H,6,9-10H2,1-5H3,(H,20,21). The molecule has 1 heterocycles. The second-order valence-corrected chi connectivity index (χ2v) is 7.48. The summed E-state index contributed by atoms with van der Waals surface area (Å²) in [6, 6.07) is 1.99. The van der Waals surface area contributed by atoms with E-state index in [1.165, 1.54) is 0 Å². The van der Waals surface area contributed by atoms with Crippen LogP contribution in [-0.2, 0) is 11.2 Å². The molecule has 22 heavy (non-hydrogen) atoms. The van der Waals surface area contributed by atoms with Crippen LogP contribution in [0.15, 0.2) is 6.07 Å². The molecule has 1 radical (unpaired) electrons. The minimum atomic E-state index is 0.0919. The van der Waals surface area contributed by atoms with Crippen molar-refractivity contribution in [1.29, 1.82) is 0 Å². The van der Waals surface area contributed by atoms with Gasteiger partial charge in [0, 0.05) is 29.5 Å². The van der Waals surface area contributed by atoms with E-state index in [4.69, 9.17) is 16.3 Å². The van der Waals surface area contributed by atoms with E-state index >= 15 is 0 Å². The number of carbonyl (C=O) groups is 1. The largest absolute Gasteiger partial charge is 0.496 e. The molecule has 121 valence electrons. The zero-order valence-corrected chi connectivity index (χ0v) is 14.8. The lowest BCUT2D eigenvalue weighted by molar-refractivity contribution is -0.119. The molecule has 2 rings (SSSR count). The number of nitrogens with one attached hydrogen (secondary N) is 1. The first-order valence-corrected chi connectivity index (χ1v) is 8.07. The predicted octanol–water partition coefficient (Wildman–Crippen LogP) is 4.05. The highest BCUT2D eigenvalue weighted by Crippen LogP contribution is 2.40. The number of rotatable bonds is 4. The topological polar surface area (TPSA) is 38.3 Å². The minimum absolute atomic E-state index is 0.0919. The molecule has 1 aromatic rings. The fourth-order valence-corrected chi connectivity index (χ4v) is 3.14. The van der Waals surface area contributed by atoms with Crippen molar-refractivity contribution in [2.24, 2.45) is 5.41 Å². The monoisotopic (exact) mass is 322 g/mol. The van der Waals surface area contributed by atoms with E-state index in [1.54, 1.807) is 7.11 Å². The van der Waals surface area contributed by atoms with Crippen LogP contribution in [0, 0.1) is 18.8 Å². The van der Waals surface area contributed by atoms with Gasteiger partial charge in [-0.25, -0.2) is 0 Å². The van der Waals surface area contributed by atoms with E-state index in [2.05, 4.69) is 32.5 Å². The normalized spacial score (nSPS) is 18.5. The summed E-state index contributed by atoms with van der Waals surface area (Å²) in [6.07, 6.45) is 3.56. The number of benzene rings is 1. The third kappa shape index (κ3) is 3.75. The van der Waals surface area contributed by atoms with Gasteiger partial charge in [-0.15, -0.1) is 0 Å². The Bertz CT molecular complexity index is 575. The molecule has 4 heteroatoms. The quantitative estimate of drug-likeness (QED) is 0.908. The molecular weight excluding hydrogens is 298 g/mol. The fraction of sp³-hybridized carbons (Fsp3) is 0.556. The molecule has 1 fully saturated rings. The smallest absolute Gasteiger partial charge is 0.220 e. The predicted molar refractivity (Wildman–Crippen MR) is 90.6 cm³/mol. The highest BCUT2D eigenvalue weighted by molar-refractivity contribution is 6.31. The van der Waals surface area contributed by atoms with Gasteiger partial charge >= 0.3 is 0 Å². The van der Waals surface area contributed by atoms with E-state index in [0.29, 0.717) is 13.0 Å². The summed E-state index contributed by atoms with van der Waals surface area (Å²) in [4.78, 5) is 11.6. The first-order chi connectivity index (χ1) is 10.2. The van der Waals surface area contributed by atoms with Crippen molar-refractivity contribution in [1.82, 2.24) is 5.32 Å². The molecule has 3 nitrogen and oxygen atoms in total. The van der Waals surface area contributed by atoms with Crippen molar-refractivity contribution >= 4 is 17.5 Å². The van der Waals surface area contributed by atoms with Crippen LogP contribution < -0.4 is 10.1 Å². The molecule has 1 amide bonds. The summed E-state index contributed by atoms with van der Waals surface area (Å²) in [5.74, 6) is 1.10. The van der Waals surface area contributed by atoms with Crippen molar-refractivity contribution in [3.63, 3.8) is 0 Å². The molecule has 0 aliphatic carbocycles. The zero-order chi connectivity index (χ0) is 16.5. The third-order valence-corrected chi connectivity index (χ3v) is 4.52. The molecule has 1 saturated heterocycles. The van der Waals surface area contributed by atoms with Crippen molar-refractivity contribution in [3.05, 3.63) is 34.2 Å². The summed E-state index contributed by atoms with van der Waals surface area (Å²) < 4.78 is 5.71.